The molecule has 0 aliphatic heterocycles. The maximum atomic E-state index is 5.53. The minimum atomic E-state index is 0.836. The summed E-state index contributed by atoms with van der Waals surface area (Å²) in [5.41, 5.74) is 4.09. The van der Waals surface area contributed by atoms with Crippen LogP contribution in [0.15, 0.2) is 41.9 Å². The summed E-state index contributed by atoms with van der Waals surface area (Å²) in [6, 6.07) is 10.6. The Bertz CT molecular complexity index is 468. The number of para-hydroxylation sites is 1. The lowest BCUT2D eigenvalue weighted by Gasteiger charge is -2.03. The first kappa shape index (κ1) is 9.35. The number of benzene rings is 1. The van der Waals surface area contributed by atoms with Crippen molar-refractivity contribution in [2.45, 2.75) is 13.5 Å². The van der Waals surface area contributed by atoms with Gasteiger partial charge in [0.05, 0.1) is 0 Å². The Hall–Kier alpha value is -1.21. The largest absolute Gasteiger partial charge is 0.341 e. The van der Waals surface area contributed by atoms with Crippen molar-refractivity contribution in [1.29, 1.82) is 0 Å². The van der Waals surface area contributed by atoms with E-state index in [0.717, 1.165) is 6.54 Å². The van der Waals surface area contributed by atoms with Gasteiger partial charge >= 0.3 is 0 Å². The molecule has 1 heterocycles. The number of rotatable bonds is 2. The van der Waals surface area contributed by atoms with Crippen molar-refractivity contribution in [2.24, 2.45) is 0 Å². The van der Waals surface area contributed by atoms with Crippen LogP contribution in [-0.4, -0.2) is 4.57 Å². The van der Waals surface area contributed by atoms with E-state index in [0.29, 0.717) is 0 Å². The second kappa shape index (κ2) is 3.89. The molecular weight excluding hydrogens is 194 g/mol. The van der Waals surface area contributed by atoms with Crippen molar-refractivity contribution >= 4 is 22.5 Å². The Morgan fingerprint density at radius 2 is 2.14 bits per heavy atom. The summed E-state index contributed by atoms with van der Waals surface area (Å²) in [4.78, 5) is 0. The predicted molar refractivity (Wildman–Crippen MR) is 61.7 cm³/mol. The van der Waals surface area contributed by atoms with E-state index >= 15 is 0 Å². The van der Waals surface area contributed by atoms with E-state index in [1.165, 1.54) is 16.6 Å². The molecule has 1 aromatic carbocycles. The fraction of sp³-hybridized carbons (Fsp3) is 0.167. The van der Waals surface area contributed by atoms with Crippen LogP contribution in [0.4, 0.5) is 0 Å². The zero-order valence-corrected chi connectivity index (χ0v) is 8.83. The molecule has 0 spiro atoms. The molecule has 1 nitrogen and oxygen atoms in total. The molecule has 1 aromatic heterocycles. The lowest BCUT2D eigenvalue weighted by Crippen LogP contribution is -1.96. The average molecular weight is 206 g/mol. The van der Waals surface area contributed by atoms with Gasteiger partial charge in [-0.25, -0.2) is 0 Å². The minimum Gasteiger partial charge on any atom is -0.341 e. The summed E-state index contributed by atoms with van der Waals surface area (Å²) < 4.78 is 2.24. The van der Waals surface area contributed by atoms with Gasteiger partial charge in [0.15, 0.2) is 0 Å². The zero-order chi connectivity index (χ0) is 9.97. The zero-order valence-electron chi connectivity index (χ0n) is 8.07. The predicted octanol–water partition coefficient (Wildman–Crippen LogP) is 3.70. The van der Waals surface area contributed by atoms with E-state index in [9.17, 15) is 0 Å². The van der Waals surface area contributed by atoms with Crippen LogP contribution < -0.4 is 0 Å². The van der Waals surface area contributed by atoms with E-state index in [2.05, 4.69) is 41.8 Å². The van der Waals surface area contributed by atoms with Crippen molar-refractivity contribution in [3.8, 4) is 0 Å². The lowest BCUT2D eigenvalue weighted by molar-refractivity contribution is 0.829. The van der Waals surface area contributed by atoms with Gasteiger partial charge in [-0.1, -0.05) is 35.9 Å². The number of fused-ring (bicyclic) bond motifs is 1. The summed E-state index contributed by atoms with van der Waals surface area (Å²) in [7, 11) is 0. The van der Waals surface area contributed by atoms with E-state index in [1.54, 1.807) is 5.54 Å². The topological polar surface area (TPSA) is 4.93 Å². The average Bonchev–Trinajstić information content (AvgIpc) is 2.51. The molecule has 0 aliphatic carbocycles. The molecular formula is C12H12ClN. The van der Waals surface area contributed by atoms with Crippen molar-refractivity contribution in [3.63, 3.8) is 0 Å². The Labute approximate surface area is 88.6 Å². The van der Waals surface area contributed by atoms with Gasteiger partial charge in [0, 0.05) is 23.3 Å². The molecule has 0 saturated carbocycles. The van der Waals surface area contributed by atoms with Crippen LogP contribution in [0.2, 0.25) is 0 Å². The summed E-state index contributed by atoms with van der Waals surface area (Å²) >= 11 is 5.53. The van der Waals surface area contributed by atoms with Crippen LogP contribution in [0.1, 0.15) is 5.69 Å². The van der Waals surface area contributed by atoms with Crippen LogP contribution in [0.5, 0.6) is 0 Å². The molecule has 14 heavy (non-hydrogen) atoms. The summed E-state index contributed by atoms with van der Waals surface area (Å²) in [6.45, 7) is 2.95. The molecule has 2 rings (SSSR count). The Morgan fingerprint density at radius 3 is 2.93 bits per heavy atom. The van der Waals surface area contributed by atoms with Gasteiger partial charge in [0.25, 0.3) is 0 Å². The van der Waals surface area contributed by atoms with Gasteiger partial charge in [0.2, 0.25) is 0 Å². The quantitative estimate of drug-likeness (QED) is 0.705. The molecule has 0 aliphatic rings. The third kappa shape index (κ3) is 1.55. The van der Waals surface area contributed by atoms with Crippen molar-refractivity contribution in [1.82, 2.24) is 4.57 Å². The van der Waals surface area contributed by atoms with Crippen LogP contribution in [0.3, 0.4) is 0 Å². The van der Waals surface area contributed by atoms with Gasteiger partial charge in [-0.2, -0.15) is 0 Å². The van der Waals surface area contributed by atoms with E-state index in [-0.39, 0.29) is 0 Å². The van der Waals surface area contributed by atoms with Crippen molar-refractivity contribution < 1.29 is 0 Å². The summed E-state index contributed by atoms with van der Waals surface area (Å²) in [6.07, 6.45) is 1.95. The third-order valence-electron chi connectivity index (χ3n) is 2.39. The summed E-state index contributed by atoms with van der Waals surface area (Å²) in [5.74, 6) is 0. The fourth-order valence-electron chi connectivity index (χ4n) is 1.74. The van der Waals surface area contributed by atoms with Crippen LogP contribution in [0, 0.1) is 6.92 Å². The highest BCUT2D eigenvalue weighted by Crippen LogP contribution is 2.18. The fourth-order valence-corrected chi connectivity index (χ4v) is 1.82. The van der Waals surface area contributed by atoms with Gasteiger partial charge in [-0.15, -0.1) is 0 Å². The number of nitrogens with zero attached hydrogens (tertiary/aromatic N) is 1. The highest BCUT2D eigenvalue weighted by Gasteiger charge is 2.02. The van der Waals surface area contributed by atoms with Gasteiger partial charge in [-0.3, -0.25) is 0 Å². The van der Waals surface area contributed by atoms with E-state index in [1.807, 2.05) is 6.08 Å². The number of hydrogen-bond donors (Lipinski definition) is 0. The number of aromatic nitrogens is 1. The van der Waals surface area contributed by atoms with Crippen molar-refractivity contribution in [2.75, 3.05) is 0 Å². The molecule has 0 fully saturated rings. The molecule has 0 saturated heterocycles. The lowest BCUT2D eigenvalue weighted by atomic mass is 10.2. The highest BCUT2D eigenvalue weighted by molar-refractivity contribution is 6.25. The molecule has 0 N–H and O–H groups in total. The number of aryl methyl sites for hydroxylation is 1. The Kier molecular flexibility index (Phi) is 2.60. The Morgan fingerprint density at radius 1 is 1.36 bits per heavy atom. The molecule has 0 amide bonds. The van der Waals surface area contributed by atoms with Gasteiger partial charge < -0.3 is 4.57 Å². The molecule has 0 atom stereocenters. The first-order valence-corrected chi connectivity index (χ1v) is 5.06. The van der Waals surface area contributed by atoms with Crippen LogP contribution in [0.25, 0.3) is 10.9 Å². The molecule has 2 aromatic rings. The smallest absolute Gasteiger partial charge is 0.0485 e. The first-order chi connectivity index (χ1) is 6.83. The van der Waals surface area contributed by atoms with Gasteiger partial charge in [0.1, 0.15) is 0 Å². The molecule has 0 bridgehead atoms. The number of halogens is 1. The molecule has 0 radical (unpaired) electrons. The Balaban J connectivity index is 2.56. The molecule has 72 valence electrons. The second-order valence-corrected chi connectivity index (χ2v) is 3.57. The summed E-state index contributed by atoms with van der Waals surface area (Å²) in [5, 5.41) is 1.29. The third-order valence-corrected chi connectivity index (χ3v) is 2.57. The molecule has 0 unspecified atom stereocenters. The SMILES string of the molecule is Cc1cc2ccccc2n1C/C=C/Cl. The maximum Gasteiger partial charge on any atom is 0.0485 e. The maximum absolute atomic E-state index is 5.53. The number of hydrogen-bond acceptors (Lipinski definition) is 0. The van der Waals surface area contributed by atoms with E-state index < -0.39 is 0 Å². The van der Waals surface area contributed by atoms with Crippen LogP contribution >= 0.6 is 11.6 Å². The second-order valence-electron chi connectivity index (χ2n) is 3.32. The standard InChI is InChI=1S/C12H12ClN/c1-10-9-11-5-2-3-6-12(11)14(10)8-4-7-13/h2-7,9H,8H2,1H3/b7-4+. The minimum absolute atomic E-state index is 0.836. The monoisotopic (exact) mass is 205 g/mol. The number of allylic oxidation sites excluding steroid dienone is 1. The molecule has 2 heteroatoms. The first-order valence-electron chi connectivity index (χ1n) is 4.63. The van der Waals surface area contributed by atoms with Crippen molar-refractivity contribution in [3.05, 3.63) is 47.6 Å². The highest BCUT2D eigenvalue weighted by atomic mass is 35.5. The van der Waals surface area contributed by atoms with E-state index in [4.69, 9.17) is 11.6 Å². The normalized spacial score (nSPS) is 11.6. The van der Waals surface area contributed by atoms with Crippen LogP contribution in [-0.2, 0) is 6.54 Å². The van der Waals surface area contributed by atoms with Gasteiger partial charge in [-0.05, 0) is 24.4 Å².